The second-order valence-corrected chi connectivity index (χ2v) is 12.2. The van der Waals surface area contributed by atoms with Crippen LogP contribution in [0.25, 0.3) is 0 Å². The molecule has 8 atom stereocenters. The van der Waals surface area contributed by atoms with Gasteiger partial charge in [0.05, 0.1) is 13.2 Å². The van der Waals surface area contributed by atoms with Crippen molar-refractivity contribution in [3.8, 4) is 5.75 Å². The van der Waals surface area contributed by atoms with Gasteiger partial charge in [-0.05, 0) is 67.4 Å². The third-order valence-electron chi connectivity index (χ3n) is 10.6. The minimum absolute atomic E-state index is 0.00886. The van der Waals surface area contributed by atoms with Crippen molar-refractivity contribution in [1.29, 1.82) is 0 Å². The van der Waals surface area contributed by atoms with Gasteiger partial charge in [-0.2, -0.15) is 5.06 Å². The van der Waals surface area contributed by atoms with E-state index in [0.717, 1.165) is 36.1 Å². The standard InChI is InChI=1S/C30H37NO6/c1-28-11-10-21(33)12-19(28)6-9-23-24-13-20-16-31(15-18-4-7-22(36-3)8-5-18)37-30(20,26(35)17-32)29(24,2)14-25(34)27(23)28/h4-5,7-8,10-12,20,23-25,27,32,34H,6,9,13-17H2,1-3H3/t20-,23-,24-,25-,27+,28-,29-,30-/m0/s1. The summed E-state index contributed by atoms with van der Waals surface area (Å²) in [6.45, 7) is 4.82. The van der Waals surface area contributed by atoms with Crippen LogP contribution in [0.1, 0.15) is 45.1 Å². The molecular formula is C30H37NO6. The van der Waals surface area contributed by atoms with E-state index in [1.807, 2.05) is 35.4 Å². The smallest absolute Gasteiger partial charge is 0.192 e. The lowest BCUT2D eigenvalue weighted by molar-refractivity contribution is -0.254. The van der Waals surface area contributed by atoms with Crippen molar-refractivity contribution >= 4 is 11.6 Å². The molecule has 7 heteroatoms. The maximum Gasteiger partial charge on any atom is 0.192 e. The normalized spacial score (nSPS) is 42.5. The quantitative estimate of drug-likeness (QED) is 0.632. The van der Waals surface area contributed by atoms with E-state index in [2.05, 4.69) is 13.8 Å². The van der Waals surface area contributed by atoms with Crippen LogP contribution in [0.3, 0.4) is 0 Å². The SMILES string of the molecule is COc1ccc(CN2C[C@@H]3C[C@H]4[C@@H]5CCC6=CC(=O)C=C[C@]6(C)[C@H]5[C@@H](O)C[C@]4(C)[C@]3(C(=O)CO)O2)cc1. The predicted octanol–water partition coefficient (Wildman–Crippen LogP) is 3.25. The number of carbonyl (C=O) groups is 2. The highest BCUT2D eigenvalue weighted by molar-refractivity contribution is 6.01. The molecule has 7 nitrogen and oxygen atoms in total. The minimum Gasteiger partial charge on any atom is -0.497 e. The zero-order chi connectivity index (χ0) is 26.2. The van der Waals surface area contributed by atoms with E-state index in [1.165, 1.54) is 0 Å². The van der Waals surface area contributed by atoms with Crippen molar-refractivity contribution in [1.82, 2.24) is 5.06 Å². The Labute approximate surface area is 218 Å². The second-order valence-electron chi connectivity index (χ2n) is 12.2. The first-order chi connectivity index (χ1) is 17.7. The summed E-state index contributed by atoms with van der Waals surface area (Å²) in [5.74, 6) is 0.859. The van der Waals surface area contributed by atoms with Crippen molar-refractivity contribution < 1.29 is 29.4 Å². The molecule has 1 aliphatic heterocycles. The second kappa shape index (κ2) is 8.60. The molecule has 1 aromatic rings. The largest absolute Gasteiger partial charge is 0.497 e. The van der Waals surface area contributed by atoms with Gasteiger partial charge in [-0.3, -0.25) is 14.4 Å². The van der Waals surface area contributed by atoms with Crippen LogP contribution in [0.5, 0.6) is 5.75 Å². The molecule has 4 aliphatic carbocycles. The number of fused-ring (bicyclic) bond motifs is 7. The maximum atomic E-state index is 13.6. The molecule has 0 radical (unpaired) electrons. The Balaban J connectivity index is 1.32. The number of hydrogen-bond donors (Lipinski definition) is 2. The van der Waals surface area contributed by atoms with Gasteiger partial charge in [0, 0.05) is 35.8 Å². The lowest BCUT2D eigenvalue weighted by atomic mass is 9.46. The fraction of sp³-hybridized carbons (Fsp3) is 0.600. The third-order valence-corrected chi connectivity index (χ3v) is 10.6. The van der Waals surface area contributed by atoms with E-state index in [1.54, 1.807) is 19.3 Å². The fourth-order valence-electron chi connectivity index (χ4n) is 9.09. The Kier molecular flexibility index (Phi) is 5.81. The molecular weight excluding hydrogens is 470 g/mol. The van der Waals surface area contributed by atoms with E-state index in [0.29, 0.717) is 19.5 Å². The molecule has 1 heterocycles. The lowest BCUT2D eigenvalue weighted by Crippen LogP contribution is -2.63. The zero-order valence-electron chi connectivity index (χ0n) is 21.9. The van der Waals surface area contributed by atoms with Gasteiger partial charge < -0.3 is 14.9 Å². The molecule has 6 rings (SSSR count). The average molecular weight is 508 g/mol. The molecule has 3 saturated carbocycles. The first kappa shape index (κ1) is 25.0. The number of hydrogen-bond acceptors (Lipinski definition) is 7. The van der Waals surface area contributed by atoms with Crippen molar-refractivity contribution in [2.75, 3.05) is 20.3 Å². The van der Waals surface area contributed by atoms with Crippen LogP contribution in [0.4, 0.5) is 0 Å². The van der Waals surface area contributed by atoms with E-state index in [-0.39, 0.29) is 40.7 Å². The summed E-state index contributed by atoms with van der Waals surface area (Å²) in [7, 11) is 1.64. The molecule has 4 fully saturated rings. The molecule has 0 amide bonds. The summed E-state index contributed by atoms with van der Waals surface area (Å²) >= 11 is 0. The Morgan fingerprint density at radius 1 is 1.24 bits per heavy atom. The van der Waals surface area contributed by atoms with Crippen LogP contribution in [-0.4, -0.2) is 58.8 Å². The number of Topliss-reactive ketones (excluding diaryl/α,β-unsaturated/α-hetero) is 1. The molecule has 2 N–H and O–H groups in total. The van der Waals surface area contributed by atoms with E-state index < -0.39 is 23.7 Å². The summed E-state index contributed by atoms with van der Waals surface area (Å²) < 4.78 is 5.27. The number of nitrogens with zero attached hydrogens (tertiary/aromatic N) is 1. The number of carbonyl (C=O) groups excluding carboxylic acids is 2. The number of ketones is 2. The molecule has 1 aromatic carbocycles. The summed E-state index contributed by atoms with van der Waals surface area (Å²) in [6, 6.07) is 7.81. The monoisotopic (exact) mass is 507 g/mol. The Morgan fingerprint density at radius 3 is 2.70 bits per heavy atom. The van der Waals surface area contributed by atoms with Crippen molar-refractivity contribution in [2.24, 2.45) is 34.5 Å². The summed E-state index contributed by atoms with van der Waals surface area (Å²) in [6.07, 6.45) is 7.74. The number of hydroxylamine groups is 2. The topological polar surface area (TPSA) is 96.3 Å². The number of methoxy groups -OCH3 is 1. The number of aliphatic hydroxyl groups excluding tert-OH is 2. The van der Waals surface area contributed by atoms with Crippen LogP contribution in [-0.2, 0) is 21.0 Å². The van der Waals surface area contributed by atoms with E-state index in [9.17, 15) is 19.8 Å². The Bertz CT molecular complexity index is 1180. The molecule has 0 bridgehead atoms. The van der Waals surface area contributed by atoms with Crippen molar-refractivity contribution in [3.05, 3.63) is 53.6 Å². The number of allylic oxidation sites excluding steroid dienone is 4. The summed E-state index contributed by atoms with van der Waals surface area (Å²) in [4.78, 5) is 32.3. The third kappa shape index (κ3) is 3.40. The molecule has 0 unspecified atom stereocenters. The Morgan fingerprint density at radius 2 is 2.00 bits per heavy atom. The summed E-state index contributed by atoms with van der Waals surface area (Å²) in [5, 5.41) is 23.7. The van der Waals surface area contributed by atoms with Gasteiger partial charge >= 0.3 is 0 Å². The van der Waals surface area contributed by atoms with Gasteiger partial charge in [0.2, 0.25) is 0 Å². The van der Waals surface area contributed by atoms with Gasteiger partial charge in [0.15, 0.2) is 17.2 Å². The Hall–Kier alpha value is -2.32. The molecule has 1 saturated heterocycles. The fourth-order valence-corrected chi connectivity index (χ4v) is 9.09. The number of ether oxygens (including phenoxy) is 1. The zero-order valence-corrected chi connectivity index (χ0v) is 21.9. The number of aliphatic hydroxyl groups is 2. The highest BCUT2D eigenvalue weighted by atomic mass is 16.7. The van der Waals surface area contributed by atoms with E-state index >= 15 is 0 Å². The van der Waals surface area contributed by atoms with Crippen molar-refractivity contribution in [2.45, 2.75) is 57.8 Å². The van der Waals surface area contributed by atoms with Crippen LogP contribution in [0.15, 0.2) is 48.1 Å². The molecule has 5 aliphatic rings. The molecule has 37 heavy (non-hydrogen) atoms. The predicted molar refractivity (Wildman–Crippen MR) is 136 cm³/mol. The van der Waals surface area contributed by atoms with Crippen LogP contribution < -0.4 is 4.74 Å². The first-order valence-corrected chi connectivity index (χ1v) is 13.5. The van der Waals surface area contributed by atoms with Gasteiger partial charge in [-0.1, -0.05) is 37.6 Å². The van der Waals surface area contributed by atoms with Crippen LogP contribution in [0.2, 0.25) is 0 Å². The highest BCUT2D eigenvalue weighted by Crippen LogP contribution is 2.70. The average Bonchev–Trinajstić information content (AvgIpc) is 3.36. The molecule has 198 valence electrons. The molecule has 0 aromatic heterocycles. The first-order valence-electron chi connectivity index (χ1n) is 13.5. The van der Waals surface area contributed by atoms with Gasteiger partial charge in [0.1, 0.15) is 12.4 Å². The van der Waals surface area contributed by atoms with Crippen molar-refractivity contribution in [3.63, 3.8) is 0 Å². The summed E-state index contributed by atoms with van der Waals surface area (Å²) in [5.41, 5.74) is 0.0600. The van der Waals surface area contributed by atoms with Gasteiger partial charge in [-0.15, -0.1) is 0 Å². The highest BCUT2D eigenvalue weighted by Gasteiger charge is 2.75. The lowest BCUT2D eigenvalue weighted by Gasteiger charge is -2.59. The molecule has 0 spiro atoms. The minimum atomic E-state index is -1.15. The van der Waals surface area contributed by atoms with E-state index in [4.69, 9.17) is 9.57 Å². The van der Waals surface area contributed by atoms with Gasteiger partial charge in [-0.25, -0.2) is 0 Å². The van der Waals surface area contributed by atoms with Gasteiger partial charge in [0.25, 0.3) is 0 Å². The maximum absolute atomic E-state index is 13.6. The number of benzene rings is 1. The van der Waals surface area contributed by atoms with Crippen LogP contribution >= 0.6 is 0 Å². The van der Waals surface area contributed by atoms with Crippen LogP contribution in [0, 0.1) is 34.5 Å². The number of rotatable bonds is 5.